The van der Waals surface area contributed by atoms with Gasteiger partial charge in [0, 0.05) is 11.6 Å². The lowest BCUT2D eigenvalue weighted by molar-refractivity contribution is -0.145. The lowest BCUT2D eigenvalue weighted by atomic mass is 10.1. The molecule has 0 aliphatic carbocycles. The molecule has 0 atom stereocenters. The summed E-state index contributed by atoms with van der Waals surface area (Å²) in [6.45, 7) is 3.89. The van der Waals surface area contributed by atoms with Gasteiger partial charge in [-0.25, -0.2) is 4.79 Å². The van der Waals surface area contributed by atoms with E-state index in [0.717, 1.165) is 0 Å². The van der Waals surface area contributed by atoms with E-state index in [-0.39, 0.29) is 31.2 Å². The number of ether oxygens (including phenoxy) is 3. The fourth-order valence-corrected chi connectivity index (χ4v) is 3.07. The number of nitrogens with one attached hydrogen (secondary N) is 1. The molecule has 1 aromatic heterocycles. The van der Waals surface area contributed by atoms with E-state index in [9.17, 15) is 14.4 Å². The zero-order valence-corrected chi connectivity index (χ0v) is 17.4. The first-order valence-electron chi connectivity index (χ1n) is 9.95. The average Bonchev–Trinajstić information content (AvgIpc) is 2.76. The summed E-state index contributed by atoms with van der Waals surface area (Å²) >= 11 is 0. The van der Waals surface area contributed by atoms with Gasteiger partial charge in [-0.05, 0) is 44.2 Å². The summed E-state index contributed by atoms with van der Waals surface area (Å²) in [5.74, 6) is 0.109. The highest BCUT2D eigenvalue weighted by Gasteiger charge is 2.13. The summed E-state index contributed by atoms with van der Waals surface area (Å²) in [5.41, 5.74) is 0.199. The van der Waals surface area contributed by atoms with Crippen LogP contribution in [0.5, 0.6) is 11.5 Å². The van der Waals surface area contributed by atoms with Crippen molar-refractivity contribution in [2.24, 2.45) is 0 Å². The molecule has 0 spiro atoms. The van der Waals surface area contributed by atoms with Crippen molar-refractivity contribution in [2.45, 2.75) is 20.4 Å². The predicted octanol–water partition coefficient (Wildman–Crippen LogP) is 2.98. The molecule has 1 amide bonds. The molecule has 0 saturated carbocycles. The largest absolute Gasteiger partial charge is 0.492 e. The molecule has 0 bridgehead atoms. The van der Waals surface area contributed by atoms with Crippen LogP contribution in [0.25, 0.3) is 10.8 Å². The maximum Gasteiger partial charge on any atom is 0.344 e. The minimum atomic E-state index is -0.489. The Bertz CT molecular complexity index is 1140. The van der Waals surface area contributed by atoms with E-state index in [0.29, 0.717) is 34.6 Å². The average molecular weight is 424 g/mol. The number of carbonyl (C=O) groups excluding carboxylic acids is 2. The number of nitrogens with zero attached hydrogens (tertiary/aromatic N) is 1. The molecule has 0 saturated heterocycles. The molecule has 1 N–H and O–H groups in total. The van der Waals surface area contributed by atoms with Crippen LogP contribution in [0, 0.1) is 0 Å². The van der Waals surface area contributed by atoms with Crippen LogP contribution < -0.4 is 20.3 Å². The van der Waals surface area contributed by atoms with Crippen molar-refractivity contribution in [1.29, 1.82) is 0 Å². The molecule has 3 aromatic rings. The highest BCUT2D eigenvalue weighted by Crippen LogP contribution is 2.24. The van der Waals surface area contributed by atoms with Crippen molar-refractivity contribution in [3.8, 4) is 11.5 Å². The first-order chi connectivity index (χ1) is 15.0. The number of fused-ring (bicyclic) bond motifs is 1. The molecule has 3 rings (SSSR count). The summed E-state index contributed by atoms with van der Waals surface area (Å²) in [7, 11) is 0. The topological polar surface area (TPSA) is 95.9 Å². The van der Waals surface area contributed by atoms with E-state index in [1.807, 2.05) is 13.0 Å². The first-order valence-corrected chi connectivity index (χ1v) is 9.95. The third-order valence-corrected chi connectivity index (χ3v) is 4.40. The van der Waals surface area contributed by atoms with Crippen LogP contribution in [-0.2, 0) is 20.9 Å². The van der Waals surface area contributed by atoms with E-state index in [1.54, 1.807) is 49.4 Å². The zero-order chi connectivity index (χ0) is 22.2. The van der Waals surface area contributed by atoms with Crippen LogP contribution in [0.15, 0.2) is 59.5 Å². The van der Waals surface area contributed by atoms with Gasteiger partial charge in [-0.2, -0.15) is 0 Å². The molecule has 8 heteroatoms. The minimum absolute atomic E-state index is 0.164. The lowest BCUT2D eigenvalue weighted by Gasteiger charge is -2.13. The molecule has 0 unspecified atom stereocenters. The first kappa shape index (κ1) is 21.9. The summed E-state index contributed by atoms with van der Waals surface area (Å²) in [4.78, 5) is 37.0. The summed E-state index contributed by atoms with van der Waals surface area (Å²) in [6, 6.07) is 13.8. The Kier molecular flexibility index (Phi) is 7.26. The third kappa shape index (κ3) is 5.42. The van der Waals surface area contributed by atoms with Gasteiger partial charge in [-0.3, -0.25) is 9.59 Å². The number of pyridine rings is 1. The Labute approximate surface area is 179 Å². The van der Waals surface area contributed by atoms with Crippen molar-refractivity contribution >= 4 is 28.3 Å². The van der Waals surface area contributed by atoms with Gasteiger partial charge in [0.05, 0.1) is 24.3 Å². The number of anilines is 1. The molecule has 0 aliphatic rings. The van der Waals surface area contributed by atoms with Gasteiger partial charge < -0.3 is 24.1 Å². The molecular weight excluding hydrogens is 400 g/mol. The van der Waals surface area contributed by atoms with Crippen LogP contribution in [0.4, 0.5) is 5.69 Å². The minimum Gasteiger partial charge on any atom is -0.492 e. The Balaban J connectivity index is 1.78. The lowest BCUT2D eigenvalue weighted by Crippen LogP contribution is -2.27. The fraction of sp³-hybridized carbons (Fsp3) is 0.261. The molecule has 0 radical (unpaired) electrons. The SMILES string of the molecule is CCOC(=O)COc1cccc2c(=O)n(CC(=O)Nc3ccccc3OCC)ccc12. The Morgan fingerprint density at radius 3 is 2.45 bits per heavy atom. The van der Waals surface area contributed by atoms with E-state index in [4.69, 9.17) is 14.2 Å². The number of hydrogen-bond donors (Lipinski definition) is 1. The summed E-state index contributed by atoms with van der Waals surface area (Å²) in [6.07, 6.45) is 1.52. The van der Waals surface area contributed by atoms with Crippen molar-refractivity contribution in [1.82, 2.24) is 4.57 Å². The van der Waals surface area contributed by atoms with Crippen LogP contribution >= 0.6 is 0 Å². The monoisotopic (exact) mass is 424 g/mol. The van der Waals surface area contributed by atoms with Crippen molar-refractivity contribution in [3.63, 3.8) is 0 Å². The van der Waals surface area contributed by atoms with E-state index in [1.165, 1.54) is 10.8 Å². The van der Waals surface area contributed by atoms with Gasteiger partial charge >= 0.3 is 5.97 Å². The second-order valence-corrected chi connectivity index (χ2v) is 6.54. The molecule has 1 heterocycles. The number of hydrogen-bond acceptors (Lipinski definition) is 6. The van der Waals surface area contributed by atoms with Crippen molar-refractivity contribution in [3.05, 3.63) is 65.1 Å². The van der Waals surface area contributed by atoms with Gasteiger partial charge in [0.2, 0.25) is 5.91 Å². The second-order valence-electron chi connectivity index (χ2n) is 6.54. The molecular formula is C23H24N2O6. The maximum atomic E-state index is 12.9. The van der Waals surface area contributed by atoms with Gasteiger partial charge in [0.25, 0.3) is 5.56 Å². The quantitative estimate of drug-likeness (QED) is 0.531. The van der Waals surface area contributed by atoms with Gasteiger partial charge in [-0.15, -0.1) is 0 Å². The van der Waals surface area contributed by atoms with Crippen LogP contribution in [0.3, 0.4) is 0 Å². The van der Waals surface area contributed by atoms with Gasteiger partial charge in [0.15, 0.2) is 6.61 Å². The standard InChI is InChI=1S/C23H24N2O6/c1-3-29-20-10-6-5-9-18(20)24-21(26)14-25-13-12-16-17(23(25)28)8-7-11-19(16)31-15-22(27)30-4-2/h5-13H,3-4,14-15H2,1-2H3,(H,24,26). The van der Waals surface area contributed by atoms with Gasteiger partial charge in [0.1, 0.15) is 18.0 Å². The van der Waals surface area contributed by atoms with Crippen molar-refractivity contribution in [2.75, 3.05) is 25.1 Å². The molecule has 0 fully saturated rings. The summed E-state index contributed by atoms with van der Waals surface area (Å²) in [5, 5.41) is 3.71. The normalized spacial score (nSPS) is 10.5. The number of benzene rings is 2. The second kappa shape index (κ2) is 10.3. The van der Waals surface area contributed by atoms with E-state index in [2.05, 4.69) is 5.32 Å². The van der Waals surface area contributed by atoms with E-state index < -0.39 is 5.97 Å². The number of rotatable bonds is 9. The highest BCUT2D eigenvalue weighted by atomic mass is 16.6. The van der Waals surface area contributed by atoms with Crippen LogP contribution in [0.1, 0.15) is 13.8 Å². The molecule has 0 aliphatic heterocycles. The smallest absolute Gasteiger partial charge is 0.344 e. The highest BCUT2D eigenvalue weighted by molar-refractivity contribution is 5.93. The Hall–Kier alpha value is -3.81. The van der Waals surface area contributed by atoms with E-state index >= 15 is 0 Å². The third-order valence-electron chi connectivity index (χ3n) is 4.40. The number of esters is 1. The predicted molar refractivity (Wildman–Crippen MR) is 117 cm³/mol. The molecule has 31 heavy (non-hydrogen) atoms. The van der Waals surface area contributed by atoms with Gasteiger partial charge in [-0.1, -0.05) is 18.2 Å². The molecule has 162 valence electrons. The molecule has 8 nitrogen and oxygen atoms in total. The summed E-state index contributed by atoms with van der Waals surface area (Å²) < 4.78 is 17.2. The number of amides is 1. The Morgan fingerprint density at radius 2 is 1.68 bits per heavy atom. The zero-order valence-electron chi connectivity index (χ0n) is 17.4. The molecule has 2 aromatic carbocycles. The number of para-hydroxylation sites is 2. The number of aromatic nitrogens is 1. The van der Waals surface area contributed by atoms with Crippen LogP contribution in [0.2, 0.25) is 0 Å². The number of carbonyl (C=O) groups is 2. The Morgan fingerprint density at radius 1 is 0.903 bits per heavy atom. The maximum absolute atomic E-state index is 12.9. The van der Waals surface area contributed by atoms with Crippen molar-refractivity contribution < 1.29 is 23.8 Å². The van der Waals surface area contributed by atoms with Crippen LogP contribution in [-0.4, -0.2) is 36.3 Å². The fourth-order valence-electron chi connectivity index (χ4n) is 3.07.